The van der Waals surface area contributed by atoms with E-state index >= 15 is 0 Å². The van der Waals surface area contributed by atoms with Gasteiger partial charge in [-0.25, -0.2) is 0 Å². The molecular formula is C25H24ClN3O. The van der Waals surface area contributed by atoms with Crippen molar-refractivity contribution in [2.75, 3.05) is 0 Å². The lowest BCUT2D eigenvalue weighted by Crippen LogP contribution is -2.26. The molecule has 0 unspecified atom stereocenters. The number of aromatic nitrogens is 2. The van der Waals surface area contributed by atoms with Crippen molar-refractivity contribution in [3.8, 4) is 0 Å². The number of fused-ring (bicyclic) bond motifs is 1. The van der Waals surface area contributed by atoms with Crippen LogP contribution in [0.5, 0.6) is 0 Å². The number of rotatable bonds is 5. The van der Waals surface area contributed by atoms with Crippen molar-refractivity contribution in [3.05, 3.63) is 99.7 Å². The number of hydrogen-bond donors (Lipinski definition) is 1. The van der Waals surface area contributed by atoms with Crippen LogP contribution in [-0.4, -0.2) is 15.7 Å². The SMILES string of the molecule is Cc1ccc([C@H](C)NC(=O)c2ccc3cnn(Cc4ccc(Cl)cc4)c3c2)cc1C. The van der Waals surface area contributed by atoms with Gasteiger partial charge in [-0.1, -0.05) is 48.0 Å². The van der Waals surface area contributed by atoms with Crippen LogP contribution in [0.3, 0.4) is 0 Å². The molecule has 0 saturated carbocycles. The highest BCUT2D eigenvalue weighted by molar-refractivity contribution is 6.30. The van der Waals surface area contributed by atoms with E-state index in [1.54, 1.807) is 0 Å². The minimum atomic E-state index is -0.0955. The Morgan fingerprint density at radius 1 is 1.03 bits per heavy atom. The lowest BCUT2D eigenvalue weighted by molar-refractivity contribution is 0.0940. The van der Waals surface area contributed by atoms with Crippen LogP contribution in [0.25, 0.3) is 10.9 Å². The van der Waals surface area contributed by atoms with E-state index in [0.29, 0.717) is 17.1 Å². The first kappa shape index (κ1) is 20.2. The predicted molar refractivity (Wildman–Crippen MR) is 122 cm³/mol. The van der Waals surface area contributed by atoms with E-state index in [9.17, 15) is 4.79 Å². The van der Waals surface area contributed by atoms with Gasteiger partial charge in [0.2, 0.25) is 0 Å². The van der Waals surface area contributed by atoms with E-state index in [4.69, 9.17) is 11.6 Å². The van der Waals surface area contributed by atoms with Crippen LogP contribution in [0.2, 0.25) is 5.02 Å². The van der Waals surface area contributed by atoms with Gasteiger partial charge in [0.1, 0.15) is 0 Å². The number of benzene rings is 3. The van der Waals surface area contributed by atoms with Gasteiger partial charge in [-0.3, -0.25) is 9.48 Å². The maximum absolute atomic E-state index is 12.9. The Morgan fingerprint density at radius 2 is 1.80 bits per heavy atom. The molecule has 0 radical (unpaired) electrons. The molecule has 1 atom stereocenters. The van der Waals surface area contributed by atoms with Crippen molar-refractivity contribution in [1.29, 1.82) is 0 Å². The number of carbonyl (C=O) groups is 1. The van der Waals surface area contributed by atoms with Crippen LogP contribution in [0.4, 0.5) is 0 Å². The van der Waals surface area contributed by atoms with Gasteiger partial charge in [0.15, 0.2) is 0 Å². The van der Waals surface area contributed by atoms with Gasteiger partial charge in [0, 0.05) is 16.0 Å². The summed E-state index contributed by atoms with van der Waals surface area (Å²) < 4.78 is 1.90. The molecule has 5 heteroatoms. The first-order chi connectivity index (χ1) is 14.4. The van der Waals surface area contributed by atoms with E-state index in [1.165, 1.54) is 11.1 Å². The maximum Gasteiger partial charge on any atom is 0.251 e. The first-order valence-corrected chi connectivity index (χ1v) is 10.4. The highest BCUT2D eigenvalue weighted by Crippen LogP contribution is 2.20. The number of aryl methyl sites for hydroxylation is 2. The Hall–Kier alpha value is -3.11. The van der Waals surface area contributed by atoms with Crippen LogP contribution < -0.4 is 5.32 Å². The monoisotopic (exact) mass is 417 g/mol. The highest BCUT2D eigenvalue weighted by Gasteiger charge is 2.14. The Balaban J connectivity index is 1.55. The summed E-state index contributed by atoms with van der Waals surface area (Å²) in [5.41, 5.74) is 6.22. The minimum absolute atomic E-state index is 0.0773. The van der Waals surface area contributed by atoms with E-state index in [1.807, 2.05) is 60.3 Å². The Labute approximate surface area is 181 Å². The second-order valence-corrected chi connectivity index (χ2v) is 8.18. The van der Waals surface area contributed by atoms with Crippen molar-refractivity contribution in [1.82, 2.24) is 15.1 Å². The van der Waals surface area contributed by atoms with E-state index in [-0.39, 0.29) is 11.9 Å². The van der Waals surface area contributed by atoms with Gasteiger partial charge in [0.05, 0.1) is 24.3 Å². The van der Waals surface area contributed by atoms with Crippen LogP contribution in [0, 0.1) is 13.8 Å². The molecule has 0 spiro atoms. The summed E-state index contributed by atoms with van der Waals surface area (Å²) in [5, 5.41) is 9.31. The van der Waals surface area contributed by atoms with Crippen molar-refractivity contribution in [3.63, 3.8) is 0 Å². The van der Waals surface area contributed by atoms with E-state index in [0.717, 1.165) is 22.0 Å². The fourth-order valence-electron chi connectivity index (χ4n) is 3.50. The number of nitrogens with one attached hydrogen (secondary N) is 1. The summed E-state index contributed by atoms with van der Waals surface area (Å²) in [4.78, 5) is 12.9. The van der Waals surface area contributed by atoms with Gasteiger partial charge >= 0.3 is 0 Å². The first-order valence-electron chi connectivity index (χ1n) is 9.99. The number of halogens is 1. The molecular weight excluding hydrogens is 394 g/mol. The molecule has 1 N–H and O–H groups in total. The largest absolute Gasteiger partial charge is 0.346 e. The third-order valence-electron chi connectivity index (χ3n) is 5.53. The second-order valence-electron chi connectivity index (χ2n) is 7.74. The summed E-state index contributed by atoms with van der Waals surface area (Å²) in [6, 6.07) is 19.6. The maximum atomic E-state index is 12.9. The van der Waals surface area contributed by atoms with Crippen molar-refractivity contribution in [2.45, 2.75) is 33.4 Å². The number of hydrogen-bond acceptors (Lipinski definition) is 2. The molecule has 1 heterocycles. The molecule has 1 amide bonds. The van der Waals surface area contributed by atoms with Crippen LogP contribution in [0.1, 0.15) is 45.6 Å². The number of carbonyl (C=O) groups excluding carboxylic acids is 1. The molecule has 152 valence electrons. The molecule has 0 aliphatic carbocycles. The zero-order chi connectivity index (χ0) is 21.3. The molecule has 4 aromatic rings. The third kappa shape index (κ3) is 4.24. The fraction of sp³-hybridized carbons (Fsp3) is 0.200. The molecule has 0 saturated heterocycles. The molecule has 1 aromatic heterocycles. The normalized spacial score (nSPS) is 12.1. The Kier molecular flexibility index (Phi) is 5.60. The molecule has 4 rings (SSSR count). The molecule has 0 aliphatic heterocycles. The van der Waals surface area contributed by atoms with Crippen molar-refractivity contribution >= 4 is 28.4 Å². The van der Waals surface area contributed by atoms with Gasteiger partial charge in [0.25, 0.3) is 5.91 Å². The topological polar surface area (TPSA) is 46.9 Å². The van der Waals surface area contributed by atoms with Crippen LogP contribution in [-0.2, 0) is 6.54 Å². The smallest absolute Gasteiger partial charge is 0.251 e. The number of amides is 1. The van der Waals surface area contributed by atoms with Gasteiger partial charge in [-0.05, 0) is 67.3 Å². The van der Waals surface area contributed by atoms with Gasteiger partial charge < -0.3 is 5.32 Å². The highest BCUT2D eigenvalue weighted by atomic mass is 35.5. The molecule has 0 fully saturated rings. The minimum Gasteiger partial charge on any atom is -0.346 e. The summed E-state index contributed by atoms with van der Waals surface area (Å²) in [7, 11) is 0. The molecule has 0 aliphatic rings. The average molecular weight is 418 g/mol. The number of nitrogens with zero attached hydrogens (tertiary/aromatic N) is 2. The van der Waals surface area contributed by atoms with Crippen LogP contribution in [0.15, 0.2) is 66.9 Å². The van der Waals surface area contributed by atoms with Gasteiger partial charge in [-0.15, -0.1) is 0 Å². The van der Waals surface area contributed by atoms with Crippen LogP contribution >= 0.6 is 11.6 Å². The third-order valence-corrected chi connectivity index (χ3v) is 5.78. The quantitative estimate of drug-likeness (QED) is 0.443. The molecule has 4 nitrogen and oxygen atoms in total. The second kappa shape index (κ2) is 8.33. The lowest BCUT2D eigenvalue weighted by atomic mass is 10.0. The Morgan fingerprint density at radius 3 is 2.53 bits per heavy atom. The van der Waals surface area contributed by atoms with Crippen molar-refractivity contribution in [2.24, 2.45) is 0 Å². The summed E-state index contributed by atoms with van der Waals surface area (Å²) >= 11 is 5.98. The zero-order valence-electron chi connectivity index (χ0n) is 17.3. The summed E-state index contributed by atoms with van der Waals surface area (Å²) in [6.45, 7) is 6.80. The van der Waals surface area contributed by atoms with Crippen molar-refractivity contribution < 1.29 is 4.79 Å². The molecule has 30 heavy (non-hydrogen) atoms. The standard InChI is InChI=1S/C25H24ClN3O/c1-16-4-7-20(12-17(16)2)18(3)28-25(30)21-8-9-22-14-27-29(24(22)13-21)15-19-5-10-23(26)11-6-19/h4-14,18H,15H2,1-3H3,(H,28,30)/t18-/m0/s1. The molecule has 3 aromatic carbocycles. The van der Waals surface area contributed by atoms with Gasteiger partial charge in [-0.2, -0.15) is 5.10 Å². The fourth-order valence-corrected chi connectivity index (χ4v) is 3.62. The average Bonchev–Trinajstić information content (AvgIpc) is 3.13. The Bertz CT molecular complexity index is 1210. The predicted octanol–water partition coefficient (Wildman–Crippen LogP) is 5.85. The molecule has 0 bridgehead atoms. The zero-order valence-corrected chi connectivity index (χ0v) is 18.1. The van der Waals surface area contributed by atoms with E-state index < -0.39 is 0 Å². The lowest BCUT2D eigenvalue weighted by Gasteiger charge is -2.16. The summed E-state index contributed by atoms with van der Waals surface area (Å²) in [5.74, 6) is -0.0955. The van der Waals surface area contributed by atoms with E-state index in [2.05, 4.69) is 42.5 Å². The summed E-state index contributed by atoms with van der Waals surface area (Å²) in [6.07, 6.45) is 1.82.